The Morgan fingerprint density at radius 3 is 0.964 bits per heavy atom. The zero-order valence-electron chi connectivity index (χ0n) is 15.7. The number of aryl methyl sites for hydroxylation is 3. The van der Waals surface area contributed by atoms with Gasteiger partial charge in [-0.05, 0) is 57.2 Å². The van der Waals surface area contributed by atoms with E-state index in [1.165, 1.54) is 0 Å². The molecule has 3 aromatic rings. The van der Waals surface area contributed by atoms with Crippen molar-refractivity contribution in [2.45, 2.75) is 20.8 Å². The Hall–Kier alpha value is -1.02. The maximum absolute atomic E-state index is 13.3. The number of phosphoric acid groups is 1. The van der Waals surface area contributed by atoms with Crippen LogP contribution >= 0.6 is 17.7 Å². The van der Waals surface area contributed by atoms with Crippen LogP contribution < -0.4 is 13.6 Å². The van der Waals surface area contributed by atoms with E-state index in [2.05, 4.69) is 0 Å². The van der Waals surface area contributed by atoms with Gasteiger partial charge in [0.15, 0.2) is 0 Å². The van der Waals surface area contributed by atoms with Gasteiger partial charge in [0.1, 0.15) is 17.2 Å². The van der Waals surface area contributed by atoms with Gasteiger partial charge in [-0.1, -0.05) is 53.1 Å². The Balaban J connectivity index is 0.00000196. The molecule has 0 amide bonds. The van der Waals surface area contributed by atoms with Crippen LogP contribution in [0.5, 0.6) is 17.2 Å². The van der Waals surface area contributed by atoms with Gasteiger partial charge in [-0.25, -0.2) is 0 Å². The number of hydrogen-bond acceptors (Lipinski definition) is 4. The molecule has 0 N–H and O–H groups in total. The van der Waals surface area contributed by atoms with E-state index in [4.69, 9.17) is 13.6 Å². The normalized spacial score (nSPS) is 10.2. The Bertz CT molecular complexity index is 788. The molecule has 146 valence electrons. The molecule has 0 aliphatic carbocycles. The summed E-state index contributed by atoms with van der Waals surface area (Å²) >= 11 is 0. The number of rotatable bonds is 6. The van der Waals surface area contributed by atoms with E-state index in [1.807, 2.05) is 57.2 Å². The molecule has 0 aliphatic rings. The molecule has 0 fully saturated rings. The average Bonchev–Trinajstić information content (AvgIpc) is 2.61. The Kier molecular flexibility index (Phi) is 10.0. The third-order valence-electron chi connectivity index (χ3n) is 3.71. The predicted molar refractivity (Wildman–Crippen MR) is 123 cm³/mol. The van der Waals surface area contributed by atoms with E-state index in [1.54, 1.807) is 36.4 Å². The van der Waals surface area contributed by atoms with Crippen LogP contribution in [0.4, 0.5) is 0 Å². The third kappa shape index (κ3) is 7.43. The van der Waals surface area contributed by atoms with E-state index >= 15 is 0 Å². The average molecular weight is 444 g/mol. The Morgan fingerprint density at radius 2 is 0.750 bits per heavy atom. The number of hydrogen-bond donors (Lipinski definition) is 0. The zero-order valence-corrected chi connectivity index (χ0v) is 18.0. The van der Waals surface area contributed by atoms with Crippen LogP contribution in [-0.4, -0.2) is 37.7 Å². The van der Waals surface area contributed by atoms with Crippen molar-refractivity contribution in [3.63, 3.8) is 0 Å². The van der Waals surface area contributed by atoms with Crippen LogP contribution in [-0.2, 0) is 4.57 Å². The van der Waals surface area contributed by atoms with Gasteiger partial charge in [0, 0.05) is 0 Å². The van der Waals surface area contributed by atoms with Crippen LogP contribution in [0.2, 0.25) is 0 Å². The topological polar surface area (TPSA) is 44.8 Å². The molecule has 0 bridgehead atoms. The molecule has 0 heterocycles. The second kappa shape index (κ2) is 11.2. The van der Waals surface area contributed by atoms with Crippen LogP contribution in [0, 0.1) is 20.8 Å². The van der Waals surface area contributed by atoms with Crippen molar-refractivity contribution in [3.8, 4) is 17.2 Å². The summed E-state index contributed by atoms with van der Waals surface area (Å²) in [7, 11) is -3.93. The summed E-state index contributed by atoms with van der Waals surface area (Å²) in [4.78, 5) is 0. The summed E-state index contributed by atoms with van der Waals surface area (Å²) in [5.41, 5.74) is 3.23. The van der Waals surface area contributed by atoms with Crippen molar-refractivity contribution in [2.24, 2.45) is 0 Å². The molecule has 0 radical (unpaired) electrons. The van der Waals surface area contributed by atoms with Crippen molar-refractivity contribution in [3.05, 3.63) is 89.5 Å². The number of benzene rings is 3. The first-order valence-electron chi connectivity index (χ1n) is 8.31. The van der Waals surface area contributed by atoms with Crippen molar-refractivity contribution in [1.82, 2.24) is 0 Å². The summed E-state index contributed by atoms with van der Waals surface area (Å²) in [6.07, 6.45) is 0. The maximum atomic E-state index is 13.3. The van der Waals surface area contributed by atoms with Gasteiger partial charge in [-0.3, -0.25) is 0 Å². The SMILES string of the molecule is Cc1ccc(OP(=O)(Oc2ccc(C)cc2)Oc2ccc(C)cc2)cc1.P.[CaH2]. The second-order valence-corrected chi connectivity index (χ2v) is 7.60. The monoisotopic (exact) mass is 444 g/mol. The molecular formula is C21H26CaO4P2. The minimum absolute atomic E-state index is 0. The van der Waals surface area contributed by atoms with E-state index in [0.717, 1.165) is 16.7 Å². The van der Waals surface area contributed by atoms with Gasteiger partial charge < -0.3 is 13.6 Å². The Morgan fingerprint density at radius 1 is 0.536 bits per heavy atom. The summed E-state index contributed by atoms with van der Waals surface area (Å²) in [5, 5.41) is 0. The molecular weight excluding hydrogens is 418 g/mol. The molecule has 0 aromatic heterocycles. The molecule has 3 aromatic carbocycles. The first kappa shape index (κ1) is 25.0. The summed E-state index contributed by atoms with van der Waals surface area (Å²) in [6.45, 7) is 5.90. The fraction of sp³-hybridized carbons (Fsp3) is 0.143. The van der Waals surface area contributed by atoms with E-state index in [-0.39, 0.29) is 47.6 Å². The van der Waals surface area contributed by atoms with Crippen molar-refractivity contribution >= 4 is 55.5 Å². The fourth-order valence-corrected chi connectivity index (χ4v) is 3.49. The zero-order chi connectivity index (χ0) is 18.6. The molecule has 4 nitrogen and oxygen atoms in total. The van der Waals surface area contributed by atoms with Gasteiger partial charge in [0.25, 0.3) is 0 Å². The first-order chi connectivity index (χ1) is 12.4. The van der Waals surface area contributed by atoms with Crippen LogP contribution in [0.1, 0.15) is 16.7 Å². The van der Waals surface area contributed by atoms with Crippen LogP contribution in [0.25, 0.3) is 0 Å². The molecule has 3 rings (SSSR count). The fourth-order valence-electron chi connectivity index (χ4n) is 2.24. The van der Waals surface area contributed by atoms with Crippen LogP contribution in [0.3, 0.4) is 0 Å². The second-order valence-electron chi connectivity index (χ2n) is 6.16. The van der Waals surface area contributed by atoms with Crippen molar-refractivity contribution in [1.29, 1.82) is 0 Å². The minimum atomic E-state index is -3.93. The van der Waals surface area contributed by atoms with Crippen LogP contribution in [0.15, 0.2) is 72.8 Å². The van der Waals surface area contributed by atoms with Gasteiger partial charge in [-0.15, -0.1) is 0 Å². The van der Waals surface area contributed by atoms with E-state index in [0.29, 0.717) is 17.2 Å². The van der Waals surface area contributed by atoms with Gasteiger partial charge in [-0.2, -0.15) is 14.5 Å². The van der Waals surface area contributed by atoms with Gasteiger partial charge in [0.2, 0.25) is 0 Å². The molecule has 28 heavy (non-hydrogen) atoms. The van der Waals surface area contributed by atoms with Gasteiger partial charge >= 0.3 is 45.6 Å². The molecule has 0 spiro atoms. The van der Waals surface area contributed by atoms with Gasteiger partial charge in [0.05, 0.1) is 0 Å². The van der Waals surface area contributed by atoms with Crippen molar-refractivity contribution < 1.29 is 18.1 Å². The summed E-state index contributed by atoms with van der Waals surface area (Å²) in [5.74, 6) is 1.24. The Labute approximate surface area is 199 Å². The van der Waals surface area contributed by atoms with E-state index < -0.39 is 7.82 Å². The molecule has 1 unspecified atom stereocenters. The molecule has 1 atom stereocenters. The predicted octanol–water partition coefficient (Wildman–Crippen LogP) is 5.40. The molecule has 0 aliphatic heterocycles. The van der Waals surface area contributed by atoms with Crippen molar-refractivity contribution in [2.75, 3.05) is 0 Å². The number of phosphoric ester groups is 1. The quantitative estimate of drug-likeness (QED) is 0.377. The first-order valence-corrected chi connectivity index (χ1v) is 9.77. The summed E-state index contributed by atoms with van der Waals surface area (Å²) in [6, 6.07) is 21.6. The van der Waals surface area contributed by atoms with E-state index in [9.17, 15) is 4.57 Å². The standard InChI is InChI=1S/C21H21O4P.Ca.H3P.2H/c1-16-4-10-19(11-5-16)23-26(22,24-20-12-6-17(2)7-13-20)25-21-14-8-18(3)9-15-21;;;;/h4-15H,1-3H3;;1H3;;. The molecule has 7 heteroatoms. The molecule has 0 saturated carbocycles. The summed E-state index contributed by atoms with van der Waals surface area (Å²) < 4.78 is 30.2. The molecule has 0 saturated heterocycles. The third-order valence-corrected chi connectivity index (χ3v) is 5.02.